The lowest BCUT2D eigenvalue weighted by molar-refractivity contribution is -0.161. The summed E-state index contributed by atoms with van der Waals surface area (Å²) < 4.78 is 68.6. The van der Waals surface area contributed by atoms with Crippen molar-refractivity contribution >= 4 is 39.5 Å². The molecule has 97 heavy (non-hydrogen) atoms. The van der Waals surface area contributed by atoms with E-state index in [9.17, 15) is 43.2 Å². The Morgan fingerprint density at radius 2 is 0.474 bits per heavy atom. The minimum absolute atomic E-state index is 0.108. The molecule has 0 saturated heterocycles. The Balaban J connectivity index is 5.21. The van der Waals surface area contributed by atoms with Crippen LogP contribution in [-0.4, -0.2) is 96.7 Å². The van der Waals surface area contributed by atoms with Gasteiger partial charge in [0.15, 0.2) is 12.2 Å². The SMILES string of the molecule is CCCCCCCCCCCCCCCCCCCCCCC(=O)O[C@H](COC(=O)CCCCCCCCCCCCCCC(C)C)COP(=O)(O)OC[C@@H](O)COP(=O)(O)OC[C@@H](COC(=O)CCCCCCCCCCC)OC(=O)CCCCCCCCCCCCCCC. The molecule has 0 aliphatic rings. The number of carbonyl (C=O) groups excluding carboxylic acids is 4. The molecular weight excluding hydrogens is 1270 g/mol. The molecule has 0 aliphatic heterocycles. The van der Waals surface area contributed by atoms with E-state index in [-0.39, 0.29) is 25.7 Å². The number of unbranched alkanes of at least 4 members (excludes halogenated alkanes) is 50. The van der Waals surface area contributed by atoms with E-state index < -0.39 is 97.5 Å². The van der Waals surface area contributed by atoms with Gasteiger partial charge in [0.2, 0.25) is 0 Å². The molecule has 0 aliphatic carbocycles. The van der Waals surface area contributed by atoms with Crippen molar-refractivity contribution in [2.24, 2.45) is 5.92 Å². The molecule has 0 spiro atoms. The highest BCUT2D eigenvalue weighted by Crippen LogP contribution is 2.45. The molecule has 0 aromatic carbocycles. The lowest BCUT2D eigenvalue weighted by Gasteiger charge is -2.21. The van der Waals surface area contributed by atoms with Crippen LogP contribution < -0.4 is 0 Å². The fourth-order valence-corrected chi connectivity index (χ4v) is 13.6. The van der Waals surface area contributed by atoms with Crippen LogP contribution in [0.2, 0.25) is 0 Å². The van der Waals surface area contributed by atoms with Crippen LogP contribution in [-0.2, 0) is 65.4 Å². The number of hydrogen-bond acceptors (Lipinski definition) is 15. The first kappa shape index (κ1) is 95.1. The normalized spacial score (nSPS) is 13.9. The fourth-order valence-electron chi connectivity index (χ4n) is 12.1. The average molecular weight is 1420 g/mol. The van der Waals surface area contributed by atoms with Gasteiger partial charge in [-0.05, 0) is 31.6 Å². The summed E-state index contributed by atoms with van der Waals surface area (Å²) in [6.07, 6.45) is 61.0. The number of ether oxygens (including phenoxy) is 4. The molecule has 17 nitrogen and oxygen atoms in total. The molecule has 576 valence electrons. The number of carbonyl (C=O) groups is 4. The summed E-state index contributed by atoms with van der Waals surface area (Å²) in [5, 5.41) is 10.6. The molecule has 0 aromatic rings. The van der Waals surface area contributed by atoms with Crippen LogP contribution in [0.5, 0.6) is 0 Å². The number of phosphoric acid groups is 2. The van der Waals surface area contributed by atoms with Crippen molar-refractivity contribution in [3.05, 3.63) is 0 Å². The standard InChI is InChI=1S/C78H152O17P2/c1-6-9-12-15-18-21-23-25-26-27-28-29-30-31-33-39-44-49-54-59-64-78(83)95-74(68-89-76(81)62-57-52-47-42-37-35-34-36-41-45-50-55-60-71(4)5)70-93-97(86,87)91-66-72(79)65-90-96(84,85)92-69-73(67-88-75(80)61-56-51-46-40-20-17-14-11-8-3)94-77(82)63-58-53-48-43-38-32-24-22-19-16-13-10-7-2/h71-74,79H,6-70H2,1-5H3,(H,84,85)(H,86,87)/t72-,73+,74+/m0/s1. The second kappa shape index (κ2) is 71.1. The van der Waals surface area contributed by atoms with Gasteiger partial charge in [0, 0.05) is 25.7 Å². The number of aliphatic hydroxyl groups excluding tert-OH is 1. The third-order valence-corrected chi connectivity index (χ3v) is 20.2. The molecule has 0 amide bonds. The Morgan fingerprint density at radius 1 is 0.278 bits per heavy atom. The quantitative estimate of drug-likeness (QED) is 0.0222. The third kappa shape index (κ3) is 72.2. The smallest absolute Gasteiger partial charge is 0.462 e. The van der Waals surface area contributed by atoms with Gasteiger partial charge in [-0.3, -0.25) is 37.3 Å². The maximum Gasteiger partial charge on any atom is 0.472 e. The molecule has 3 N–H and O–H groups in total. The van der Waals surface area contributed by atoms with E-state index in [0.717, 1.165) is 95.8 Å². The van der Waals surface area contributed by atoms with Gasteiger partial charge in [-0.1, -0.05) is 362 Å². The molecule has 0 rings (SSSR count). The third-order valence-electron chi connectivity index (χ3n) is 18.3. The zero-order chi connectivity index (χ0) is 71.2. The van der Waals surface area contributed by atoms with Gasteiger partial charge < -0.3 is 33.8 Å². The predicted octanol–water partition coefficient (Wildman–Crippen LogP) is 23.3. The maximum atomic E-state index is 13.1. The first-order valence-corrected chi connectivity index (χ1v) is 43.6. The second-order valence-electron chi connectivity index (χ2n) is 28.6. The highest BCUT2D eigenvalue weighted by Gasteiger charge is 2.30. The first-order valence-electron chi connectivity index (χ1n) is 40.6. The molecule has 0 bridgehead atoms. The molecule has 19 heteroatoms. The maximum absolute atomic E-state index is 13.1. The van der Waals surface area contributed by atoms with E-state index in [0.29, 0.717) is 25.7 Å². The van der Waals surface area contributed by atoms with Crippen LogP contribution in [0.4, 0.5) is 0 Å². The minimum Gasteiger partial charge on any atom is -0.462 e. The summed E-state index contributed by atoms with van der Waals surface area (Å²) in [6.45, 7) is 7.31. The number of rotatable bonds is 78. The minimum atomic E-state index is -4.96. The number of hydrogen-bond donors (Lipinski definition) is 3. The molecular formula is C78H152O17P2. The molecule has 0 saturated carbocycles. The Hall–Kier alpha value is -1.94. The van der Waals surface area contributed by atoms with Crippen LogP contribution in [0.1, 0.15) is 413 Å². The van der Waals surface area contributed by atoms with Crippen LogP contribution in [0.3, 0.4) is 0 Å². The van der Waals surface area contributed by atoms with Crippen molar-refractivity contribution in [2.45, 2.75) is 432 Å². The van der Waals surface area contributed by atoms with Crippen molar-refractivity contribution in [1.29, 1.82) is 0 Å². The van der Waals surface area contributed by atoms with Crippen molar-refractivity contribution in [2.75, 3.05) is 39.6 Å². The van der Waals surface area contributed by atoms with Gasteiger partial charge in [-0.25, -0.2) is 9.13 Å². The van der Waals surface area contributed by atoms with E-state index in [1.54, 1.807) is 0 Å². The van der Waals surface area contributed by atoms with E-state index in [2.05, 4.69) is 34.6 Å². The number of esters is 4. The van der Waals surface area contributed by atoms with Crippen LogP contribution in [0, 0.1) is 5.92 Å². The fraction of sp³-hybridized carbons (Fsp3) is 0.949. The molecule has 5 atom stereocenters. The molecule has 0 radical (unpaired) electrons. The average Bonchev–Trinajstić information content (AvgIpc) is 1.53. The van der Waals surface area contributed by atoms with E-state index >= 15 is 0 Å². The van der Waals surface area contributed by atoms with Crippen LogP contribution in [0.15, 0.2) is 0 Å². The van der Waals surface area contributed by atoms with E-state index in [1.165, 1.54) is 238 Å². The Labute approximate surface area is 594 Å². The topological polar surface area (TPSA) is 237 Å². The largest absolute Gasteiger partial charge is 0.472 e. The summed E-state index contributed by atoms with van der Waals surface area (Å²) in [7, 11) is -9.91. The number of aliphatic hydroxyl groups is 1. The summed E-state index contributed by atoms with van der Waals surface area (Å²) in [5.41, 5.74) is 0. The summed E-state index contributed by atoms with van der Waals surface area (Å²) in [5.74, 6) is -1.33. The Kier molecular flexibility index (Phi) is 69.6. The lowest BCUT2D eigenvalue weighted by atomic mass is 10.0. The molecule has 0 heterocycles. The predicted molar refractivity (Wildman–Crippen MR) is 395 cm³/mol. The van der Waals surface area contributed by atoms with Crippen LogP contribution in [0.25, 0.3) is 0 Å². The van der Waals surface area contributed by atoms with Gasteiger partial charge >= 0.3 is 39.5 Å². The Bertz CT molecular complexity index is 1860. The van der Waals surface area contributed by atoms with Crippen molar-refractivity contribution in [3.8, 4) is 0 Å². The zero-order valence-electron chi connectivity index (χ0n) is 63.2. The van der Waals surface area contributed by atoms with Gasteiger partial charge in [0.25, 0.3) is 0 Å². The highest BCUT2D eigenvalue weighted by atomic mass is 31.2. The van der Waals surface area contributed by atoms with Crippen LogP contribution >= 0.6 is 15.6 Å². The first-order chi connectivity index (χ1) is 47.0. The van der Waals surface area contributed by atoms with Gasteiger partial charge in [0.1, 0.15) is 19.3 Å². The Morgan fingerprint density at radius 3 is 0.701 bits per heavy atom. The van der Waals surface area contributed by atoms with Crippen molar-refractivity contribution in [3.63, 3.8) is 0 Å². The summed E-state index contributed by atoms with van der Waals surface area (Å²) in [4.78, 5) is 72.8. The van der Waals surface area contributed by atoms with Crippen molar-refractivity contribution < 1.29 is 80.2 Å². The van der Waals surface area contributed by atoms with E-state index in [1.807, 2.05) is 0 Å². The summed E-state index contributed by atoms with van der Waals surface area (Å²) >= 11 is 0. The molecule has 0 fully saturated rings. The number of phosphoric ester groups is 2. The highest BCUT2D eigenvalue weighted by molar-refractivity contribution is 7.47. The van der Waals surface area contributed by atoms with Crippen molar-refractivity contribution in [1.82, 2.24) is 0 Å². The van der Waals surface area contributed by atoms with E-state index in [4.69, 9.17) is 37.0 Å². The molecule has 2 unspecified atom stereocenters. The van der Waals surface area contributed by atoms with Gasteiger partial charge in [-0.15, -0.1) is 0 Å². The monoisotopic (exact) mass is 1420 g/mol. The molecule has 0 aromatic heterocycles. The second-order valence-corrected chi connectivity index (χ2v) is 31.5. The van der Waals surface area contributed by atoms with Gasteiger partial charge in [-0.2, -0.15) is 0 Å². The zero-order valence-corrected chi connectivity index (χ0v) is 65.0. The lowest BCUT2D eigenvalue weighted by Crippen LogP contribution is -2.30. The van der Waals surface area contributed by atoms with Gasteiger partial charge in [0.05, 0.1) is 26.4 Å². The summed E-state index contributed by atoms with van der Waals surface area (Å²) in [6, 6.07) is 0.